The fourth-order valence-electron chi connectivity index (χ4n) is 2.30. The number of azide groups is 1. The van der Waals surface area contributed by atoms with Gasteiger partial charge in [0.1, 0.15) is 0 Å². The van der Waals surface area contributed by atoms with E-state index in [1.165, 1.54) is 0 Å². The van der Waals surface area contributed by atoms with E-state index in [0.717, 1.165) is 24.3 Å². The Balaban J connectivity index is 2.50. The maximum Gasteiger partial charge on any atom is 0.237 e. The summed E-state index contributed by atoms with van der Waals surface area (Å²) in [5.41, 5.74) is 16.1. The second kappa shape index (κ2) is 12.7. The molecule has 0 aliphatic rings. The first kappa shape index (κ1) is 21.4. The lowest BCUT2D eigenvalue weighted by atomic mass is 10.1. The summed E-state index contributed by atoms with van der Waals surface area (Å²) in [6.45, 7) is 2.25. The van der Waals surface area contributed by atoms with E-state index in [2.05, 4.69) is 20.2 Å². The van der Waals surface area contributed by atoms with Gasteiger partial charge in [0, 0.05) is 48.5 Å². The standard InChI is InChI=1S/C16H24Cl2N6O/c17-6-10-24(11-7-18)14-4-2-13(3-5-14)12-15(19)16(25)21-8-1-9-22-23-20/h2-5,15H,1,6-12,19H2,(H,21,25)/t15-/m0/s1. The Labute approximate surface area is 158 Å². The predicted octanol–water partition coefficient (Wildman–Crippen LogP) is 2.66. The molecule has 0 heterocycles. The minimum atomic E-state index is -0.618. The van der Waals surface area contributed by atoms with Crippen LogP contribution in [0.2, 0.25) is 0 Å². The van der Waals surface area contributed by atoms with Crippen LogP contribution in [0.4, 0.5) is 5.69 Å². The molecule has 0 aliphatic heterocycles. The Morgan fingerprint density at radius 2 is 1.92 bits per heavy atom. The molecule has 1 atom stereocenters. The molecule has 0 bridgehead atoms. The summed E-state index contributed by atoms with van der Waals surface area (Å²) in [6.07, 6.45) is 1.04. The number of halogens is 2. The zero-order valence-electron chi connectivity index (χ0n) is 14.1. The summed E-state index contributed by atoms with van der Waals surface area (Å²) in [6, 6.07) is 7.27. The van der Waals surface area contributed by atoms with Crippen LogP contribution in [0.1, 0.15) is 12.0 Å². The highest BCUT2D eigenvalue weighted by molar-refractivity contribution is 6.18. The van der Waals surface area contributed by atoms with E-state index in [1.54, 1.807) is 0 Å². The molecular formula is C16H24Cl2N6O. The average molecular weight is 387 g/mol. The molecule has 1 aromatic carbocycles. The van der Waals surface area contributed by atoms with Gasteiger partial charge in [-0.2, -0.15) is 0 Å². The van der Waals surface area contributed by atoms with Crippen molar-refractivity contribution in [2.45, 2.75) is 18.9 Å². The molecule has 25 heavy (non-hydrogen) atoms. The van der Waals surface area contributed by atoms with Crippen LogP contribution in [0.15, 0.2) is 29.4 Å². The molecule has 9 heteroatoms. The molecule has 138 valence electrons. The quantitative estimate of drug-likeness (QED) is 0.189. The van der Waals surface area contributed by atoms with Crippen molar-refractivity contribution < 1.29 is 4.79 Å². The van der Waals surface area contributed by atoms with Crippen LogP contribution < -0.4 is 16.0 Å². The zero-order valence-corrected chi connectivity index (χ0v) is 15.6. The smallest absolute Gasteiger partial charge is 0.237 e. The molecule has 0 saturated carbocycles. The van der Waals surface area contributed by atoms with Crippen LogP contribution in [0, 0.1) is 0 Å². The largest absolute Gasteiger partial charge is 0.369 e. The van der Waals surface area contributed by atoms with Gasteiger partial charge in [-0.1, -0.05) is 17.2 Å². The molecule has 1 rings (SSSR count). The van der Waals surface area contributed by atoms with Crippen molar-refractivity contribution in [2.24, 2.45) is 10.8 Å². The molecule has 0 fully saturated rings. The van der Waals surface area contributed by atoms with Crippen molar-refractivity contribution in [1.82, 2.24) is 5.32 Å². The minimum absolute atomic E-state index is 0.212. The van der Waals surface area contributed by atoms with E-state index in [9.17, 15) is 4.79 Å². The molecule has 3 N–H and O–H groups in total. The van der Waals surface area contributed by atoms with Gasteiger partial charge in [0.2, 0.25) is 5.91 Å². The zero-order chi connectivity index (χ0) is 18.5. The lowest BCUT2D eigenvalue weighted by Crippen LogP contribution is -2.42. The number of nitrogens with zero attached hydrogens (tertiary/aromatic N) is 4. The number of carbonyl (C=O) groups excluding carboxylic acids is 1. The molecule has 0 saturated heterocycles. The van der Waals surface area contributed by atoms with E-state index in [4.69, 9.17) is 34.5 Å². The fraction of sp³-hybridized carbons (Fsp3) is 0.562. The number of amides is 1. The number of rotatable bonds is 12. The summed E-state index contributed by atoms with van der Waals surface area (Å²) in [4.78, 5) is 16.7. The van der Waals surface area contributed by atoms with Crippen molar-refractivity contribution in [1.29, 1.82) is 0 Å². The van der Waals surface area contributed by atoms with Gasteiger partial charge in [0.05, 0.1) is 6.04 Å². The maximum absolute atomic E-state index is 11.9. The molecule has 7 nitrogen and oxygen atoms in total. The lowest BCUT2D eigenvalue weighted by Gasteiger charge is -2.23. The first-order chi connectivity index (χ1) is 12.1. The van der Waals surface area contributed by atoms with Crippen molar-refractivity contribution in [3.05, 3.63) is 40.3 Å². The third kappa shape index (κ3) is 8.31. The Bertz CT molecular complexity index is 556. The predicted molar refractivity (Wildman–Crippen MR) is 103 cm³/mol. The first-order valence-electron chi connectivity index (χ1n) is 8.12. The van der Waals surface area contributed by atoms with Gasteiger partial charge in [-0.05, 0) is 36.1 Å². The summed E-state index contributed by atoms with van der Waals surface area (Å²) >= 11 is 11.6. The summed E-state index contributed by atoms with van der Waals surface area (Å²) in [5, 5.41) is 6.15. The van der Waals surface area contributed by atoms with Gasteiger partial charge in [0.25, 0.3) is 0 Å². The van der Waals surface area contributed by atoms with E-state index < -0.39 is 6.04 Å². The maximum atomic E-state index is 11.9. The van der Waals surface area contributed by atoms with Crippen molar-refractivity contribution in [3.63, 3.8) is 0 Å². The Kier molecular flexibility index (Phi) is 10.8. The molecular weight excluding hydrogens is 363 g/mol. The van der Waals surface area contributed by atoms with Gasteiger partial charge in [0.15, 0.2) is 0 Å². The molecule has 0 aromatic heterocycles. The van der Waals surface area contributed by atoms with Gasteiger partial charge in [-0.15, -0.1) is 23.2 Å². The van der Waals surface area contributed by atoms with Crippen molar-refractivity contribution in [3.8, 4) is 0 Å². The summed E-state index contributed by atoms with van der Waals surface area (Å²) < 4.78 is 0. The van der Waals surface area contributed by atoms with E-state index in [1.807, 2.05) is 24.3 Å². The highest BCUT2D eigenvalue weighted by atomic mass is 35.5. The molecule has 1 aromatic rings. The molecule has 1 amide bonds. The number of hydrogen-bond acceptors (Lipinski definition) is 4. The van der Waals surface area contributed by atoms with Crippen LogP contribution in [-0.4, -0.2) is 49.9 Å². The van der Waals surface area contributed by atoms with E-state index in [0.29, 0.717) is 37.7 Å². The van der Waals surface area contributed by atoms with Crippen LogP contribution in [0.5, 0.6) is 0 Å². The number of alkyl halides is 2. The van der Waals surface area contributed by atoms with Gasteiger partial charge < -0.3 is 16.0 Å². The Hall–Kier alpha value is -1.66. The van der Waals surface area contributed by atoms with E-state index >= 15 is 0 Å². The van der Waals surface area contributed by atoms with Crippen LogP contribution >= 0.6 is 23.2 Å². The van der Waals surface area contributed by atoms with Crippen LogP contribution in [-0.2, 0) is 11.2 Å². The van der Waals surface area contributed by atoms with Gasteiger partial charge >= 0.3 is 0 Å². The van der Waals surface area contributed by atoms with Crippen LogP contribution in [0.3, 0.4) is 0 Å². The fourth-order valence-corrected chi connectivity index (χ4v) is 2.71. The number of carbonyl (C=O) groups is 1. The first-order valence-corrected chi connectivity index (χ1v) is 9.19. The number of nitrogens with two attached hydrogens (primary N) is 1. The summed E-state index contributed by atoms with van der Waals surface area (Å²) in [5.74, 6) is 0.850. The summed E-state index contributed by atoms with van der Waals surface area (Å²) in [7, 11) is 0. The number of nitrogens with one attached hydrogen (secondary N) is 1. The molecule has 0 spiro atoms. The normalized spacial score (nSPS) is 11.5. The number of anilines is 1. The third-order valence-electron chi connectivity index (χ3n) is 3.60. The van der Waals surface area contributed by atoms with Crippen molar-refractivity contribution in [2.75, 3.05) is 42.8 Å². The second-order valence-corrected chi connectivity index (χ2v) is 6.20. The van der Waals surface area contributed by atoms with E-state index in [-0.39, 0.29) is 5.91 Å². The highest BCUT2D eigenvalue weighted by Gasteiger charge is 2.14. The number of hydrogen-bond donors (Lipinski definition) is 2. The number of benzene rings is 1. The second-order valence-electron chi connectivity index (χ2n) is 5.44. The Morgan fingerprint density at radius 1 is 1.28 bits per heavy atom. The molecule has 0 aliphatic carbocycles. The van der Waals surface area contributed by atoms with Crippen LogP contribution in [0.25, 0.3) is 10.4 Å². The lowest BCUT2D eigenvalue weighted by molar-refractivity contribution is -0.122. The molecule has 0 unspecified atom stereocenters. The third-order valence-corrected chi connectivity index (χ3v) is 3.94. The average Bonchev–Trinajstić information content (AvgIpc) is 2.62. The Morgan fingerprint density at radius 3 is 2.48 bits per heavy atom. The highest BCUT2D eigenvalue weighted by Crippen LogP contribution is 2.16. The molecule has 0 radical (unpaired) electrons. The van der Waals surface area contributed by atoms with Crippen molar-refractivity contribution >= 4 is 34.8 Å². The SMILES string of the molecule is [N-]=[N+]=NCCCNC(=O)[C@@H](N)Cc1ccc(N(CCCl)CCCl)cc1. The minimum Gasteiger partial charge on any atom is -0.369 e. The van der Waals surface area contributed by atoms with Gasteiger partial charge in [-0.3, -0.25) is 4.79 Å². The topological polar surface area (TPSA) is 107 Å². The monoisotopic (exact) mass is 386 g/mol. The van der Waals surface area contributed by atoms with Gasteiger partial charge in [-0.25, -0.2) is 0 Å².